The number of nitrogens with one attached hydrogen (secondary N) is 1. The smallest absolute Gasteiger partial charge is 0.244 e. The van der Waals surface area contributed by atoms with Gasteiger partial charge in [-0.05, 0) is 30.9 Å². The number of benzene rings is 1. The molecular formula is C16H17N3OS. The van der Waals surface area contributed by atoms with Gasteiger partial charge in [0.25, 0.3) is 0 Å². The molecule has 2 atom stereocenters. The second-order valence-corrected chi connectivity index (χ2v) is 6.68. The molecule has 1 aromatic heterocycles. The summed E-state index contributed by atoms with van der Waals surface area (Å²) in [6.45, 7) is 2.81. The molecule has 0 saturated carbocycles. The number of aryl methyl sites for hydroxylation is 1. The molecule has 1 amide bonds. The van der Waals surface area contributed by atoms with Crippen LogP contribution < -0.4 is 5.32 Å². The number of fused-ring (bicyclic) bond motifs is 1. The highest BCUT2D eigenvalue weighted by Gasteiger charge is 2.46. The van der Waals surface area contributed by atoms with Crippen LogP contribution in [-0.4, -0.2) is 34.4 Å². The lowest BCUT2D eigenvalue weighted by atomic mass is 10.1. The van der Waals surface area contributed by atoms with Gasteiger partial charge in [0.1, 0.15) is 6.04 Å². The normalized spacial score (nSPS) is 23.9. The number of amides is 1. The van der Waals surface area contributed by atoms with Crippen LogP contribution in [0.1, 0.15) is 16.8 Å². The predicted molar refractivity (Wildman–Crippen MR) is 83.6 cm³/mol. The Balaban J connectivity index is 1.37. The van der Waals surface area contributed by atoms with Crippen molar-refractivity contribution in [1.82, 2.24) is 9.88 Å². The molecule has 21 heavy (non-hydrogen) atoms. The van der Waals surface area contributed by atoms with Gasteiger partial charge in [-0.3, -0.25) is 9.69 Å². The minimum absolute atomic E-state index is 0.0218. The maximum atomic E-state index is 12.2. The number of hydrogen-bond donors (Lipinski definition) is 1. The first-order valence-electron chi connectivity index (χ1n) is 7.26. The number of carbonyl (C=O) groups is 1. The second-order valence-electron chi connectivity index (χ2n) is 5.83. The average molecular weight is 299 g/mol. The fraction of sp³-hybridized carbons (Fsp3) is 0.375. The quantitative estimate of drug-likeness (QED) is 0.884. The van der Waals surface area contributed by atoms with Crippen molar-refractivity contribution < 1.29 is 4.79 Å². The number of thiazole rings is 1. The number of rotatable bonds is 3. The highest BCUT2D eigenvalue weighted by atomic mass is 32.1. The van der Waals surface area contributed by atoms with E-state index in [2.05, 4.69) is 39.5 Å². The van der Waals surface area contributed by atoms with Crippen LogP contribution in [-0.2, 0) is 17.6 Å². The monoisotopic (exact) mass is 299 g/mol. The fourth-order valence-corrected chi connectivity index (χ4v) is 3.85. The Morgan fingerprint density at radius 2 is 2.05 bits per heavy atom. The molecule has 4 nitrogen and oxygen atoms in total. The molecule has 1 aliphatic carbocycles. The molecule has 2 unspecified atom stereocenters. The van der Waals surface area contributed by atoms with Gasteiger partial charge in [0, 0.05) is 18.0 Å². The zero-order chi connectivity index (χ0) is 14.4. The molecule has 4 rings (SSSR count). The third-order valence-electron chi connectivity index (χ3n) is 4.30. The lowest BCUT2D eigenvalue weighted by molar-refractivity contribution is -0.116. The first-order chi connectivity index (χ1) is 10.2. The standard InChI is InChI=1S/C16H17N3OS/c1-10-9-21-16(17-10)18-15(20)14-8-19(14)13-6-11-4-2-3-5-12(11)7-13/h2-5,9,13-14H,6-8H2,1H3,(H,17,18,20). The third kappa shape index (κ3) is 2.47. The molecular weight excluding hydrogens is 282 g/mol. The summed E-state index contributed by atoms with van der Waals surface area (Å²) < 4.78 is 0. The van der Waals surface area contributed by atoms with Gasteiger partial charge in [-0.1, -0.05) is 24.3 Å². The van der Waals surface area contributed by atoms with Gasteiger partial charge in [0.05, 0.1) is 5.69 Å². The molecule has 1 N–H and O–H groups in total. The van der Waals surface area contributed by atoms with E-state index in [1.807, 2.05) is 12.3 Å². The van der Waals surface area contributed by atoms with Crippen molar-refractivity contribution in [3.63, 3.8) is 0 Å². The Bertz CT molecular complexity index is 671. The van der Waals surface area contributed by atoms with Crippen LogP contribution in [0.25, 0.3) is 0 Å². The molecule has 108 valence electrons. The first-order valence-corrected chi connectivity index (χ1v) is 8.14. The topological polar surface area (TPSA) is 45.0 Å². The largest absolute Gasteiger partial charge is 0.301 e. The zero-order valence-corrected chi connectivity index (χ0v) is 12.7. The first kappa shape index (κ1) is 13.0. The van der Waals surface area contributed by atoms with Gasteiger partial charge in [-0.25, -0.2) is 4.98 Å². The summed E-state index contributed by atoms with van der Waals surface area (Å²) in [5.74, 6) is 0.0836. The summed E-state index contributed by atoms with van der Waals surface area (Å²) in [6, 6.07) is 9.10. The van der Waals surface area contributed by atoms with Gasteiger partial charge >= 0.3 is 0 Å². The van der Waals surface area contributed by atoms with Crippen molar-refractivity contribution in [1.29, 1.82) is 0 Å². The lowest BCUT2D eigenvalue weighted by Gasteiger charge is -2.11. The molecule has 1 aromatic carbocycles. The van der Waals surface area contributed by atoms with Crippen LogP contribution >= 0.6 is 11.3 Å². The molecule has 1 aliphatic heterocycles. The average Bonchev–Trinajstić information content (AvgIpc) is 3.00. The summed E-state index contributed by atoms with van der Waals surface area (Å²) >= 11 is 1.48. The van der Waals surface area contributed by atoms with Crippen LogP contribution in [0, 0.1) is 6.92 Å². The highest BCUT2D eigenvalue weighted by Crippen LogP contribution is 2.32. The molecule has 0 spiro atoms. The number of carbonyl (C=O) groups excluding carboxylic acids is 1. The molecule has 2 aliphatic rings. The van der Waals surface area contributed by atoms with E-state index in [9.17, 15) is 4.79 Å². The van der Waals surface area contributed by atoms with Crippen LogP contribution in [0.15, 0.2) is 29.6 Å². The Morgan fingerprint density at radius 3 is 2.67 bits per heavy atom. The molecule has 2 aromatic rings. The Hall–Kier alpha value is -1.72. The van der Waals surface area contributed by atoms with Crippen molar-refractivity contribution in [2.75, 3.05) is 11.9 Å². The molecule has 5 heteroatoms. The third-order valence-corrected chi connectivity index (χ3v) is 5.18. The Morgan fingerprint density at radius 1 is 1.33 bits per heavy atom. The van der Waals surface area contributed by atoms with Crippen LogP contribution in [0.4, 0.5) is 5.13 Å². The van der Waals surface area contributed by atoms with Crippen LogP contribution in [0.3, 0.4) is 0 Å². The zero-order valence-electron chi connectivity index (χ0n) is 11.9. The SMILES string of the molecule is Cc1csc(NC(=O)C2CN2C2Cc3ccccc3C2)n1. The fourth-order valence-electron chi connectivity index (χ4n) is 3.16. The maximum Gasteiger partial charge on any atom is 0.244 e. The molecule has 0 bridgehead atoms. The summed E-state index contributed by atoms with van der Waals surface area (Å²) in [6.07, 6.45) is 2.13. The van der Waals surface area contributed by atoms with Crippen molar-refractivity contribution in [2.24, 2.45) is 0 Å². The summed E-state index contributed by atoms with van der Waals surface area (Å²) in [4.78, 5) is 18.8. The van der Waals surface area contributed by atoms with E-state index in [0.29, 0.717) is 11.2 Å². The maximum absolute atomic E-state index is 12.2. The van der Waals surface area contributed by atoms with Crippen LogP contribution in [0.5, 0.6) is 0 Å². The van der Waals surface area contributed by atoms with E-state index in [1.54, 1.807) is 0 Å². The minimum Gasteiger partial charge on any atom is -0.301 e. The van der Waals surface area contributed by atoms with E-state index in [-0.39, 0.29) is 11.9 Å². The highest BCUT2D eigenvalue weighted by molar-refractivity contribution is 7.13. The molecule has 1 fully saturated rings. The van der Waals surface area contributed by atoms with E-state index >= 15 is 0 Å². The summed E-state index contributed by atoms with van der Waals surface area (Å²) in [5.41, 5.74) is 3.82. The lowest BCUT2D eigenvalue weighted by Crippen LogP contribution is -2.27. The Labute approximate surface area is 127 Å². The minimum atomic E-state index is 0.0218. The van der Waals surface area contributed by atoms with Crippen molar-refractivity contribution in [2.45, 2.75) is 31.8 Å². The number of anilines is 1. The van der Waals surface area contributed by atoms with E-state index < -0.39 is 0 Å². The predicted octanol–water partition coefficient (Wildman–Crippen LogP) is 2.24. The van der Waals surface area contributed by atoms with Gasteiger partial charge in [-0.2, -0.15) is 0 Å². The van der Waals surface area contributed by atoms with Crippen molar-refractivity contribution >= 4 is 22.4 Å². The number of hydrogen-bond acceptors (Lipinski definition) is 4. The van der Waals surface area contributed by atoms with E-state index in [1.165, 1.54) is 22.5 Å². The number of nitrogens with zero attached hydrogens (tertiary/aromatic N) is 2. The number of aromatic nitrogens is 1. The molecule has 2 heterocycles. The molecule has 0 radical (unpaired) electrons. The van der Waals surface area contributed by atoms with Gasteiger partial charge in [0.15, 0.2) is 5.13 Å². The Kier molecular flexibility index (Phi) is 3.05. The van der Waals surface area contributed by atoms with Gasteiger partial charge in [0.2, 0.25) is 5.91 Å². The van der Waals surface area contributed by atoms with Gasteiger partial charge in [-0.15, -0.1) is 11.3 Å². The van der Waals surface area contributed by atoms with Crippen LogP contribution in [0.2, 0.25) is 0 Å². The second kappa shape index (κ2) is 4.93. The molecule has 1 saturated heterocycles. The van der Waals surface area contributed by atoms with E-state index in [0.717, 1.165) is 25.1 Å². The summed E-state index contributed by atoms with van der Waals surface area (Å²) in [7, 11) is 0. The summed E-state index contributed by atoms with van der Waals surface area (Å²) in [5, 5.41) is 5.59. The van der Waals surface area contributed by atoms with Crippen molar-refractivity contribution in [3.8, 4) is 0 Å². The van der Waals surface area contributed by atoms with E-state index in [4.69, 9.17) is 0 Å². The van der Waals surface area contributed by atoms with Gasteiger partial charge < -0.3 is 5.32 Å². The van der Waals surface area contributed by atoms with Crippen molar-refractivity contribution in [3.05, 3.63) is 46.5 Å².